The zero-order valence-electron chi connectivity index (χ0n) is 13.9. The van der Waals surface area contributed by atoms with E-state index in [0.717, 1.165) is 42.4 Å². The summed E-state index contributed by atoms with van der Waals surface area (Å²) in [6.45, 7) is 8.48. The number of thiophene rings is 1. The third-order valence-electron chi connectivity index (χ3n) is 4.80. The summed E-state index contributed by atoms with van der Waals surface area (Å²) in [5.74, 6) is 2.08. The maximum atomic E-state index is 4.91. The van der Waals surface area contributed by atoms with Gasteiger partial charge in [-0.3, -0.25) is 0 Å². The predicted molar refractivity (Wildman–Crippen MR) is 97.5 cm³/mol. The van der Waals surface area contributed by atoms with Gasteiger partial charge in [-0.15, -0.1) is 11.3 Å². The molecule has 1 aromatic carbocycles. The number of hydrogen-bond donors (Lipinski definition) is 0. The number of aromatic nitrogens is 2. The van der Waals surface area contributed by atoms with E-state index in [1.165, 1.54) is 27.0 Å². The summed E-state index contributed by atoms with van der Waals surface area (Å²) in [5, 5.41) is 1.25. The van der Waals surface area contributed by atoms with Crippen LogP contribution in [0.3, 0.4) is 0 Å². The minimum absolute atomic E-state index is 0.878. The molecule has 0 unspecified atom stereocenters. The van der Waals surface area contributed by atoms with Gasteiger partial charge in [0.1, 0.15) is 16.5 Å². The molecule has 23 heavy (non-hydrogen) atoms. The first-order valence-electron chi connectivity index (χ1n) is 8.25. The Bertz CT molecular complexity index is 882. The maximum Gasteiger partial charge on any atom is 0.141 e. The van der Waals surface area contributed by atoms with Gasteiger partial charge in [-0.1, -0.05) is 31.2 Å². The summed E-state index contributed by atoms with van der Waals surface area (Å²) in [5.41, 5.74) is 4.23. The summed E-state index contributed by atoms with van der Waals surface area (Å²) < 4.78 is 0. The molecule has 0 bridgehead atoms. The third kappa shape index (κ3) is 2.41. The maximum absolute atomic E-state index is 4.91. The van der Waals surface area contributed by atoms with Crippen molar-refractivity contribution in [1.82, 2.24) is 9.97 Å². The van der Waals surface area contributed by atoms with Crippen molar-refractivity contribution >= 4 is 27.4 Å². The first kappa shape index (κ1) is 14.6. The highest BCUT2D eigenvalue weighted by molar-refractivity contribution is 7.18. The topological polar surface area (TPSA) is 29.0 Å². The molecule has 3 aromatic rings. The molecule has 1 aliphatic heterocycles. The molecule has 4 heteroatoms. The SMILES string of the molecule is CCc1nc(N2CCc3ccccc3C2)c2c(C)c(C)sc2n1. The molecule has 118 valence electrons. The van der Waals surface area contributed by atoms with Crippen LogP contribution < -0.4 is 4.90 Å². The second kappa shape index (κ2) is 5.60. The van der Waals surface area contributed by atoms with Crippen LogP contribution >= 0.6 is 11.3 Å². The van der Waals surface area contributed by atoms with Crippen molar-refractivity contribution in [2.45, 2.75) is 40.2 Å². The Kier molecular flexibility index (Phi) is 3.57. The van der Waals surface area contributed by atoms with Gasteiger partial charge in [0.05, 0.1) is 5.39 Å². The van der Waals surface area contributed by atoms with Crippen LogP contribution in [0.2, 0.25) is 0 Å². The Balaban J connectivity index is 1.85. The van der Waals surface area contributed by atoms with E-state index >= 15 is 0 Å². The minimum Gasteiger partial charge on any atom is -0.351 e. The van der Waals surface area contributed by atoms with E-state index in [2.05, 4.69) is 49.9 Å². The standard InChI is InChI=1S/C19H21N3S/c1-4-16-20-18(17-12(2)13(3)23-19(17)21-16)22-10-9-14-7-5-6-8-15(14)11-22/h5-8H,4,9-11H2,1-3H3. The fraction of sp³-hybridized carbons (Fsp3) is 0.368. The fourth-order valence-corrected chi connectivity index (χ4v) is 4.38. The molecule has 0 radical (unpaired) electrons. The van der Waals surface area contributed by atoms with Gasteiger partial charge in [0, 0.05) is 24.4 Å². The van der Waals surface area contributed by atoms with E-state index in [1.807, 2.05) is 0 Å². The van der Waals surface area contributed by atoms with Crippen molar-refractivity contribution in [3.8, 4) is 0 Å². The highest BCUT2D eigenvalue weighted by atomic mass is 32.1. The zero-order valence-corrected chi connectivity index (χ0v) is 14.7. The molecule has 0 amide bonds. The zero-order chi connectivity index (χ0) is 16.0. The highest BCUT2D eigenvalue weighted by Crippen LogP contribution is 2.36. The van der Waals surface area contributed by atoms with Gasteiger partial charge < -0.3 is 4.90 Å². The summed E-state index contributed by atoms with van der Waals surface area (Å²) in [4.78, 5) is 14.6. The Hall–Kier alpha value is -1.94. The van der Waals surface area contributed by atoms with Crippen LogP contribution in [-0.4, -0.2) is 16.5 Å². The van der Waals surface area contributed by atoms with E-state index in [0.29, 0.717) is 0 Å². The average Bonchev–Trinajstić information content (AvgIpc) is 2.88. The molecule has 1 aliphatic rings. The number of fused-ring (bicyclic) bond motifs is 2. The molecule has 3 nitrogen and oxygen atoms in total. The van der Waals surface area contributed by atoms with Crippen molar-refractivity contribution in [2.24, 2.45) is 0 Å². The molecule has 3 heterocycles. The van der Waals surface area contributed by atoms with Gasteiger partial charge >= 0.3 is 0 Å². The van der Waals surface area contributed by atoms with Crippen LogP contribution in [0, 0.1) is 13.8 Å². The number of benzene rings is 1. The van der Waals surface area contributed by atoms with Crippen molar-refractivity contribution in [3.63, 3.8) is 0 Å². The Labute approximate surface area is 141 Å². The van der Waals surface area contributed by atoms with Crippen LogP contribution in [-0.2, 0) is 19.4 Å². The molecule has 0 saturated heterocycles. The molecule has 0 spiro atoms. The van der Waals surface area contributed by atoms with Gasteiger partial charge in [0.25, 0.3) is 0 Å². The Morgan fingerprint density at radius 3 is 2.70 bits per heavy atom. The van der Waals surface area contributed by atoms with E-state index in [1.54, 1.807) is 11.3 Å². The van der Waals surface area contributed by atoms with Gasteiger partial charge in [0.2, 0.25) is 0 Å². The largest absolute Gasteiger partial charge is 0.351 e. The lowest BCUT2D eigenvalue weighted by molar-refractivity contribution is 0.719. The lowest BCUT2D eigenvalue weighted by atomic mass is 9.99. The molecule has 0 fully saturated rings. The lowest BCUT2D eigenvalue weighted by Crippen LogP contribution is -2.31. The van der Waals surface area contributed by atoms with Crippen molar-refractivity contribution < 1.29 is 0 Å². The predicted octanol–water partition coefficient (Wildman–Crippen LogP) is 4.43. The summed E-state index contributed by atoms with van der Waals surface area (Å²) in [6.07, 6.45) is 1.97. The number of nitrogens with zero attached hydrogens (tertiary/aromatic N) is 3. The lowest BCUT2D eigenvalue weighted by Gasteiger charge is -2.30. The van der Waals surface area contributed by atoms with Crippen LogP contribution in [0.5, 0.6) is 0 Å². The normalized spacial score (nSPS) is 14.3. The second-order valence-corrected chi connectivity index (χ2v) is 7.42. The Morgan fingerprint density at radius 1 is 1.13 bits per heavy atom. The van der Waals surface area contributed by atoms with E-state index in [9.17, 15) is 0 Å². The van der Waals surface area contributed by atoms with Gasteiger partial charge in [-0.2, -0.15) is 0 Å². The molecular formula is C19H21N3S. The van der Waals surface area contributed by atoms with Crippen LogP contribution in [0.15, 0.2) is 24.3 Å². The third-order valence-corrected chi connectivity index (χ3v) is 5.90. The quantitative estimate of drug-likeness (QED) is 0.698. The van der Waals surface area contributed by atoms with Crippen LogP contribution in [0.1, 0.15) is 34.3 Å². The molecule has 0 N–H and O–H groups in total. The monoisotopic (exact) mass is 323 g/mol. The summed E-state index contributed by atoms with van der Waals surface area (Å²) in [6, 6.07) is 8.76. The van der Waals surface area contributed by atoms with Gasteiger partial charge in [-0.25, -0.2) is 9.97 Å². The molecule has 0 saturated carbocycles. The van der Waals surface area contributed by atoms with Gasteiger partial charge in [-0.05, 0) is 37.0 Å². The first-order chi connectivity index (χ1) is 11.2. The van der Waals surface area contributed by atoms with Gasteiger partial charge in [0.15, 0.2) is 0 Å². The number of rotatable bonds is 2. The molecule has 0 atom stereocenters. The molecule has 2 aromatic heterocycles. The highest BCUT2D eigenvalue weighted by Gasteiger charge is 2.22. The van der Waals surface area contributed by atoms with E-state index in [4.69, 9.17) is 9.97 Å². The average molecular weight is 323 g/mol. The molecule has 4 rings (SSSR count). The van der Waals surface area contributed by atoms with E-state index in [-0.39, 0.29) is 0 Å². The van der Waals surface area contributed by atoms with Crippen LogP contribution in [0.4, 0.5) is 5.82 Å². The fourth-order valence-electron chi connectivity index (χ4n) is 3.33. The summed E-state index contributed by atoms with van der Waals surface area (Å²) in [7, 11) is 0. The number of hydrogen-bond acceptors (Lipinski definition) is 4. The van der Waals surface area contributed by atoms with Crippen molar-refractivity contribution in [3.05, 3.63) is 51.7 Å². The van der Waals surface area contributed by atoms with Crippen molar-refractivity contribution in [1.29, 1.82) is 0 Å². The smallest absolute Gasteiger partial charge is 0.141 e. The van der Waals surface area contributed by atoms with Crippen molar-refractivity contribution in [2.75, 3.05) is 11.4 Å². The first-order valence-corrected chi connectivity index (χ1v) is 9.07. The van der Waals surface area contributed by atoms with Crippen LogP contribution in [0.25, 0.3) is 10.2 Å². The summed E-state index contributed by atoms with van der Waals surface area (Å²) >= 11 is 1.79. The number of anilines is 1. The second-order valence-electron chi connectivity index (χ2n) is 6.22. The van der Waals surface area contributed by atoms with E-state index < -0.39 is 0 Å². The minimum atomic E-state index is 0.878. The molecule has 0 aliphatic carbocycles. The molecular weight excluding hydrogens is 302 g/mol. The number of aryl methyl sites for hydroxylation is 3. The Morgan fingerprint density at radius 2 is 1.91 bits per heavy atom.